The van der Waals surface area contributed by atoms with Gasteiger partial charge in [0.1, 0.15) is 5.56 Å². The molecule has 0 spiro atoms. The summed E-state index contributed by atoms with van der Waals surface area (Å²) in [6.45, 7) is 0. The summed E-state index contributed by atoms with van der Waals surface area (Å²) < 4.78 is 36.7. The minimum atomic E-state index is -1.81. The summed E-state index contributed by atoms with van der Waals surface area (Å²) in [7, 11) is 0. The second-order valence-corrected chi connectivity index (χ2v) is 2.56. The maximum Gasteiger partial charge on any atom is 0.342 e. The summed E-state index contributed by atoms with van der Waals surface area (Å²) in [6, 6.07) is 0. The molecule has 0 saturated carbocycles. The van der Waals surface area contributed by atoms with Crippen LogP contribution in [-0.4, -0.2) is 11.1 Å². The third-order valence-electron chi connectivity index (χ3n) is 0.982. The van der Waals surface area contributed by atoms with E-state index in [1.54, 1.807) is 0 Å². The maximum absolute atomic E-state index is 12.3. The van der Waals surface area contributed by atoms with E-state index in [1.807, 2.05) is 0 Å². The summed E-state index contributed by atoms with van der Waals surface area (Å²) in [6.07, 6.45) is 0. The number of thiophene rings is 1. The molecule has 1 heterocycles. The van der Waals surface area contributed by atoms with Crippen LogP contribution in [0.2, 0.25) is 0 Å². The molecule has 11 heavy (non-hydrogen) atoms. The third-order valence-corrected chi connectivity index (χ3v) is 1.72. The van der Waals surface area contributed by atoms with Gasteiger partial charge in [0.15, 0.2) is 10.9 Å². The minimum Gasteiger partial charge on any atom is -0.477 e. The molecule has 0 atom stereocenters. The van der Waals surface area contributed by atoms with Crippen LogP contribution < -0.4 is 0 Å². The average molecular weight is 182 g/mol. The predicted octanol–water partition coefficient (Wildman–Crippen LogP) is 1.86. The number of carboxylic acids is 1. The van der Waals surface area contributed by atoms with E-state index in [4.69, 9.17) is 5.11 Å². The molecular weight excluding hydrogens is 181 g/mol. The van der Waals surface area contributed by atoms with Crippen molar-refractivity contribution >= 4 is 17.3 Å². The molecule has 60 valence electrons. The smallest absolute Gasteiger partial charge is 0.342 e. The third kappa shape index (κ3) is 1.21. The Hall–Kier alpha value is -1.04. The highest BCUT2D eigenvalue weighted by Gasteiger charge is 2.23. The highest BCUT2D eigenvalue weighted by molar-refractivity contribution is 7.08. The topological polar surface area (TPSA) is 37.3 Å². The van der Waals surface area contributed by atoms with Crippen molar-refractivity contribution in [3.63, 3.8) is 0 Å². The van der Waals surface area contributed by atoms with Gasteiger partial charge in [-0.25, -0.2) is 9.18 Å². The van der Waals surface area contributed by atoms with Gasteiger partial charge >= 0.3 is 5.97 Å². The Morgan fingerprint density at radius 3 is 2.00 bits per heavy atom. The predicted molar refractivity (Wildman–Crippen MR) is 31.2 cm³/mol. The molecule has 0 bridgehead atoms. The van der Waals surface area contributed by atoms with Crippen molar-refractivity contribution in [2.24, 2.45) is 0 Å². The zero-order chi connectivity index (χ0) is 8.59. The van der Waals surface area contributed by atoms with Gasteiger partial charge in [-0.1, -0.05) is 11.3 Å². The molecule has 0 fully saturated rings. The Labute approximate surface area is 62.9 Å². The van der Waals surface area contributed by atoms with Crippen LogP contribution in [0.5, 0.6) is 0 Å². The second kappa shape index (κ2) is 2.54. The first kappa shape index (κ1) is 8.06. The van der Waals surface area contributed by atoms with Gasteiger partial charge in [-0.2, -0.15) is 8.78 Å². The van der Waals surface area contributed by atoms with Crippen LogP contribution in [0.25, 0.3) is 0 Å². The number of hydrogen-bond donors (Lipinski definition) is 1. The molecule has 0 aromatic carbocycles. The first-order valence-electron chi connectivity index (χ1n) is 2.40. The van der Waals surface area contributed by atoms with Crippen LogP contribution in [0.1, 0.15) is 10.4 Å². The van der Waals surface area contributed by atoms with Crippen LogP contribution in [-0.2, 0) is 0 Å². The lowest BCUT2D eigenvalue weighted by atomic mass is 10.3. The molecule has 1 aromatic rings. The zero-order valence-electron chi connectivity index (χ0n) is 4.90. The standard InChI is InChI=1S/C5HF3O2S/c6-2-1(5(9)10)3(7)11-4(2)8/h(H,9,10). The molecule has 1 rings (SSSR count). The molecule has 0 saturated heterocycles. The maximum atomic E-state index is 12.3. The van der Waals surface area contributed by atoms with Crippen molar-refractivity contribution in [3.8, 4) is 0 Å². The summed E-state index contributed by atoms with van der Waals surface area (Å²) in [5, 5.41) is 5.32. The van der Waals surface area contributed by atoms with E-state index >= 15 is 0 Å². The Bertz CT molecular complexity index is 307. The molecule has 2 nitrogen and oxygen atoms in total. The van der Waals surface area contributed by atoms with E-state index in [0.29, 0.717) is 0 Å². The number of aromatic carboxylic acids is 1. The Morgan fingerprint density at radius 1 is 1.27 bits per heavy atom. The van der Waals surface area contributed by atoms with Crippen LogP contribution in [0.3, 0.4) is 0 Å². The molecule has 0 aliphatic heterocycles. The van der Waals surface area contributed by atoms with E-state index in [9.17, 15) is 18.0 Å². The van der Waals surface area contributed by atoms with Gasteiger partial charge in [0.05, 0.1) is 0 Å². The summed E-state index contributed by atoms with van der Waals surface area (Å²) in [4.78, 5) is 10.0. The SMILES string of the molecule is O=C(O)c1c(F)sc(F)c1F. The molecule has 6 heteroatoms. The first-order chi connectivity index (χ1) is 5.04. The fraction of sp³-hybridized carbons (Fsp3) is 0. The molecular formula is C5HF3O2S. The fourth-order valence-electron chi connectivity index (χ4n) is 0.537. The van der Waals surface area contributed by atoms with Gasteiger partial charge in [0, 0.05) is 0 Å². The van der Waals surface area contributed by atoms with Crippen molar-refractivity contribution in [1.29, 1.82) is 0 Å². The summed E-state index contributed by atoms with van der Waals surface area (Å²) >= 11 is -0.165. The lowest BCUT2D eigenvalue weighted by Gasteiger charge is -1.86. The Kier molecular flexibility index (Phi) is 1.86. The number of carbonyl (C=O) groups is 1. The molecule has 0 aliphatic rings. The Morgan fingerprint density at radius 2 is 1.82 bits per heavy atom. The number of hydrogen-bond acceptors (Lipinski definition) is 2. The van der Waals surface area contributed by atoms with E-state index < -0.39 is 27.6 Å². The van der Waals surface area contributed by atoms with E-state index in [2.05, 4.69) is 0 Å². The molecule has 1 N–H and O–H groups in total. The molecule has 0 unspecified atom stereocenters. The van der Waals surface area contributed by atoms with Crippen molar-refractivity contribution < 1.29 is 23.1 Å². The van der Waals surface area contributed by atoms with Crippen molar-refractivity contribution in [3.05, 3.63) is 21.6 Å². The quantitative estimate of drug-likeness (QED) is 0.719. The molecule has 1 aromatic heterocycles. The van der Waals surface area contributed by atoms with Gasteiger partial charge in [0.2, 0.25) is 5.13 Å². The number of halogens is 3. The van der Waals surface area contributed by atoms with Crippen LogP contribution in [0.4, 0.5) is 13.2 Å². The highest BCUT2D eigenvalue weighted by atomic mass is 32.1. The monoisotopic (exact) mass is 182 g/mol. The molecule has 0 amide bonds. The van der Waals surface area contributed by atoms with E-state index in [-0.39, 0.29) is 11.3 Å². The van der Waals surface area contributed by atoms with E-state index in [1.165, 1.54) is 0 Å². The number of carboxylic acid groups (broad SMARTS) is 1. The van der Waals surface area contributed by atoms with Crippen LogP contribution >= 0.6 is 11.3 Å². The highest BCUT2D eigenvalue weighted by Crippen LogP contribution is 2.23. The van der Waals surface area contributed by atoms with Gasteiger partial charge in [-0.05, 0) is 0 Å². The van der Waals surface area contributed by atoms with Crippen molar-refractivity contribution in [2.45, 2.75) is 0 Å². The lowest BCUT2D eigenvalue weighted by Crippen LogP contribution is -1.99. The zero-order valence-corrected chi connectivity index (χ0v) is 5.71. The van der Waals surface area contributed by atoms with E-state index in [0.717, 1.165) is 0 Å². The second-order valence-electron chi connectivity index (χ2n) is 1.64. The molecule has 0 radical (unpaired) electrons. The van der Waals surface area contributed by atoms with Gasteiger partial charge in [-0.15, -0.1) is 0 Å². The summed E-state index contributed by atoms with van der Waals surface area (Å²) in [5.41, 5.74) is -1.23. The Balaban J connectivity index is 3.34. The number of rotatable bonds is 1. The molecule has 0 aliphatic carbocycles. The summed E-state index contributed by atoms with van der Waals surface area (Å²) in [5.74, 6) is -3.44. The minimum absolute atomic E-state index is 0.165. The lowest BCUT2D eigenvalue weighted by molar-refractivity contribution is 0.0687. The van der Waals surface area contributed by atoms with Crippen LogP contribution in [0.15, 0.2) is 0 Å². The van der Waals surface area contributed by atoms with Crippen molar-refractivity contribution in [2.75, 3.05) is 0 Å². The average Bonchev–Trinajstić information content (AvgIpc) is 2.07. The van der Waals surface area contributed by atoms with Crippen LogP contribution in [0, 0.1) is 16.1 Å². The van der Waals surface area contributed by atoms with Crippen molar-refractivity contribution in [1.82, 2.24) is 0 Å². The van der Waals surface area contributed by atoms with Gasteiger partial charge in [-0.3, -0.25) is 0 Å². The largest absolute Gasteiger partial charge is 0.477 e. The normalized spacial score (nSPS) is 10.1. The van der Waals surface area contributed by atoms with Gasteiger partial charge in [0.25, 0.3) is 0 Å². The fourth-order valence-corrected chi connectivity index (χ4v) is 1.17. The van der Waals surface area contributed by atoms with Gasteiger partial charge < -0.3 is 5.11 Å². The first-order valence-corrected chi connectivity index (χ1v) is 3.22.